The lowest BCUT2D eigenvalue weighted by molar-refractivity contribution is 0.0279. The average Bonchev–Trinajstić information content (AvgIpc) is 2.86. The second kappa shape index (κ2) is 6.95. The van der Waals surface area contributed by atoms with E-state index in [0.717, 1.165) is 31.7 Å². The van der Waals surface area contributed by atoms with Gasteiger partial charge in [-0.2, -0.15) is 0 Å². The van der Waals surface area contributed by atoms with Gasteiger partial charge in [-0.25, -0.2) is 9.97 Å². The van der Waals surface area contributed by atoms with Crippen molar-refractivity contribution in [2.75, 3.05) is 37.7 Å². The van der Waals surface area contributed by atoms with Crippen molar-refractivity contribution in [2.24, 2.45) is 5.41 Å². The molecule has 0 aromatic carbocycles. The highest BCUT2D eigenvalue weighted by molar-refractivity contribution is 5.93. The Morgan fingerprint density at radius 1 is 1.25 bits per heavy atom. The van der Waals surface area contributed by atoms with Gasteiger partial charge in [0.1, 0.15) is 5.69 Å². The normalized spacial score (nSPS) is 35.0. The summed E-state index contributed by atoms with van der Waals surface area (Å²) in [6, 6.07) is 3.11. The first-order chi connectivity index (χ1) is 13.5. The van der Waals surface area contributed by atoms with Crippen molar-refractivity contribution in [1.82, 2.24) is 20.2 Å². The second-order valence-corrected chi connectivity index (χ2v) is 9.18. The molecule has 0 radical (unpaired) electrons. The van der Waals surface area contributed by atoms with Gasteiger partial charge < -0.3 is 19.9 Å². The summed E-state index contributed by atoms with van der Waals surface area (Å²) in [5, 5.41) is 3.83. The number of fused-ring (bicyclic) bond motifs is 1. The van der Waals surface area contributed by atoms with E-state index in [1.165, 1.54) is 25.7 Å². The molecule has 0 unspecified atom stereocenters. The van der Waals surface area contributed by atoms with Crippen LogP contribution in [0.2, 0.25) is 0 Å². The Morgan fingerprint density at radius 3 is 2.86 bits per heavy atom. The predicted octanol–water partition coefficient (Wildman–Crippen LogP) is 1.76. The zero-order valence-corrected chi connectivity index (χ0v) is 17.0. The molecule has 1 aromatic heterocycles. The van der Waals surface area contributed by atoms with Crippen LogP contribution in [0.3, 0.4) is 0 Å². The molecule has 4 atom stereocenters. The van der Waals surface area contributed by atoms with Crippen LogP contribution in [0.15, 0.2) is 6.07 Å². The Kier molecular flexibility index (Phi) is 4.55. The molecule has 3 aliphatic heterocycles. The summed E-state index contributed by atoms with van der Waals surface area (Å²) in [6.45, 7) is 8.05. The molecule has 4 fully saturated rings. The van der Waals surface area contributed by atoms with Gasteiger partial charge in [0.25, 0.3) is 5.91 Å². The maximum atomic E-state index is 13.6. The number of nitrogens with zero attached hydrogens (tertiary/aromatic N) is 4. The molecule has 2 bridgehead atoms. The van der Waals surface area contributed by atoms with E-state index in [4.69, 9.17) is 9.72 Å². The number of nitrogens with one attached hydrogen (secondary N) is 1. The Bertz CT molecular complexity index is 765. The quantitative estimate of drug-likeness (QED) is 0.837. The number of carbonyl (C=O) groups excluding carboxylic acids is 1. The Balaban J connectivity index is 1.45. The SMILES string of the molecule is Cc1cc(C(=O)N2C[C@@H]3C[C@@]4(C)[C@H](CCCC[C@@H]24)N3)nc(N2CCOCC2)n1. The summed E-state index contributed by atoms with van der Waals surface area (Å²) in [5.74, 6) is 0.736. The van der Waals surface area contributed by atoms with Crippen molar-refractivity contribution in [2.45, 2.75) is 64.1 Å². The van der Waals surface area contributed by atoms with Crippen molar-refractivity contribution in [3.8, 4) is 0 Å². The van der Waals surface area contributed by atoms with E-state index in [0.29, 0.717) is 43.0 Å². The summed E-state index contributed by atoms with van der Waals surface area (Å²) in [4.78, 5) is 27.2. The number of likely N-dealkylation sites (tertiary alicyclic amines) is 1. The van der Waals surface area contributed by atoms with Crippen LogP contribution in [-0.4, -0.2) is 71.7 Å². The highest BCUT2D eigenvalue weighted by Crippen LogP contribution is 2.49. The molecule has 1 saturated carbocycles. The number of ether oxygens (including phenoxy) is 1. The molecule has 28 heavy (non-hydrogen) atoms. The number of anilines is 1. The molecule has 152 valence electrons. The average molecular weight is 386 g/mol. The van der Waals surface area contributed by atoms with Crippen LogP contribution in [0.5, 0.6) is 0 Å². The maximum absolute atomic E-state index is 13.6. The van der Waals surface area contributed by atoms with Gasteiger partial charge >= 0.3 is 0 Å². The van der Waals surface area contributed by atoms with Gasteiger partial charge in [0.15, 0.2) is 0 Å². The lowest BCUT2D eigenvalue weighted by atomic mass is 9.71. The van der Waals surface area contributed by atoms with Crippen molar-refractivity contribution < 1.29 is 9.53 Å². The van der Waals surface area contributed by atoms with E-state index in [9.17, 15) is 4.79 Å². The Labute approximate surface area is 166 Å². The van der Waals surface area contributed by atoms with Crippen molar-refractivity contribution in [3.63, 3.8) is 0 Å². The van der Waals surface area contributed by atoms with Gasteiger partial charge in [-0.15, -0.1) is 0 Å². The lowest BCUT2D eigenvalue weighted by Gasteiger charge is -2.46. The fourth-order valence-electron chi connectivity index (χ4n) is 5.94. The minimum absolute atomic E-state index is 0.0743. The van der Waals surface area contributed by atoms with Gasteiger partial charge in [-0.05, 0) is 32.3 Å². The first kappa shape index (κ1) is 18.3. The molecule has 7 heteroatoms. The fraction of sp³-hybridized carbons (Fsp3) is 0.762. The minimum Gasteiger partial charge on any atom is -0.378 e. The number of morpholine rings is 1. The van der Waals surface area contributed by atoms with Crippen LogP contribution in [0.25, 0.3) is 0 Å². The standard InChI is InChI=1S/C21H31N5O2/c1-14-11-16(24-20(22-14)25-7-9-28-10-8-25)19(27)26-13-15-12-21(2)17(23-15)5-3-4-6-18(21)26/h11,15,17-18,23H,3-10,12-13H2,1-2H3/t15-,17-,18+,21-/m0/s1. The van der Waals surface area contributed by atoms with E-state index >= 15 is 0 Å². The molecular weight excluding hydrogens is 354 g/mol. The molecule has 1 N–H and O–H groups in total. The van der Waals surface area contributed by atoms with Gasteiger partial charge in [0, 0.05) is 48.9 Å². The van der Waals surface area contributed by atoms with Crippen molar-refractivity contribution in [3.05, 3.63) is 17.5 Å². The molecule has 3 saturated heterocycles. The van der Waals surface area contributed by atoms with Crippen LogP contribution in [-0.2, 0) is 4.74 Å². The number of aryl methyl sites for hydroxylation is 1. The Morgan fingerprint density at radius 2 is 2.04 bits per heavy atom. The maximum Gasteiger partial charge on any atom is 0.272 e. The number of hydrogen-bond donors (Lipinski definition) is 1. The van der Waals surface area contributed by atoms with E-state index in [-0.39, 0.29) is 11.3 Å². The second-order valence-electron chi connectivity index (χ2n) is 9.18. The summed E-state index contributed by atoms with van der Waals surface area (Å²) in [5.41, 5.74) is 1.58. The lowest BCUT2D eigenvalue weighted by Crippen LogP contribution is -2.56. The summed E-state index contributed by atoms with van der Waals surface area (Å²) in [7, 11) is 0. The van der Waals surface area contributed by atoms with Crippen molar-refractivity contribution in [1.29, 1.82) is 0 Å². The van der Waals surface area contributed by atoms with Crippen LogP contribution < -0.4 is 10.2 Å². The molecule has 5 rings (SSSR count). The largest absolute Gasteiger partial charge is 0.378 e. The summed E-state index contributed by atoms with van der Waals surface area (Å²) in [6.07, 6.45) is 5.99. The van der Waals surface area contributed by atoms with E-state index in [1.54, 1.807) is 0 Å². The number of hydrogen-bond acceptors (Lipinski definition) is 6. The molecule has 7 nitrogen and oxygen atoms in total. The highest BCUT2D eigenvalue weighted by Gasteiger charge is 2.56. The zero-order valence-electron chi connectivity index (χ0n) is 17.0. The monoisotopic (exact) mass is 385 g/mol. The van der Waals surface area contributed by atoms with E-state index in [2.05, 4.69) is 27.0 Å². The first-order valence-electron chi connectivity index (χ1n) is 10.8. The number of carbonyl (C=O) groups is 1. The first-order valence-corrected chi connectivity index (χ1v) is 10.8. The van der Waals surface area contributed by atoms with Crippen LogP contribution >= 0.6 is 0 Å². The fourth-order valence-corrected chi connectivity index (χ4v) is 5.94. The highest BCUT2D eigenvalue weighted by atomic mass is 16.5. The Hall–Kier alpha value is -1.73. The van der Waals surface area contributed by atoms with Gasteiger partial charge in [-0.3, -0.25) is 4.79 Å². The van der Waals surface area contributed by atoms with Gasteiger partial charge in [0.05, 0.1) is 13.2 Å². The zero-order chi connectivity index (χ0) is 19.3. The third-order valence-corrected chi connectivity index (χ3v) is 7.31. The smallest absolute Gasteiger partial charge is 0.272 e. The number of aromatic nitrogens is 2. The molecule has 4 heterocycles. The van der Waals surface area contributed by atoms with Gasteiger partial charge in [0.2, 0.25) is 5.95 Å². The van der Waals surface area contributed by atoms with Crippen molar-refractivity contribution >= 4 is 11.9 Å². The van der Waals surface area contributed by atoms with Crippen LogP contribution in [0.4, 0.5) is 5.95 Å². The van der Waals surface area contributed by atoms with E-state index in [1.807, 2.05) is 13.0 Å². The van der Waals surface area contributed by atoms with Gasteiger partial charge in [-0.1, -0.05) is 19.8 Å². The summed E-state index contributed by atoms with van der Waals surface area (Å²) >= 11 is 0. The van der Waals surface area contributed by atoms with E-state index < -0.39 is 0 Å². The topological polar surface area (TPSA) is 70.6 Å². The molecular formula is C21H31N5O2. The molecule has 1 aliphatic carbocycles. The van der Waals surface area contributed by atoms with Crippen LogP contribution in [0.1, 0.15) is 55.2 Å². The molecule has 0 spiro atoms. The number of piperidine rings is 1. The molecule has 1 amide bonds. The number of amides is 1. The molecule has 1 aromatic rings. The summed E-state index contributed by atoms with van der Waals surface area (Å²) < 4.78 is 5.44. The third-order valence-electron chi connectivity index (χ3n) is 7.31. The predicted molar refractivity (Wildman–Crippen MR) is 107 cm³/mol. The minimum atomic E-state index is 0.0743. The molecule has 4 aliphatic rings. The third kappa shape index (κ3) is 2.99. The number of rotatable bonds is 2. The van der Waals surface area contributed by atoms with Crippen LogP contribution in [0, 0.1) is 12.3 Å².